The highest BCUT2D eigenvalue weighted by atomic mass is 16.6. The van der Waals surface area contributed by atoms with E-state index in [1.807, 2.05) is 6.08 Å². The number of rotatable bonds is 55. The van der Waals surface area contributed by atoms with Crippen molar-refractivity contribution in [1.82, 2.24) is 0 Å². The Morgan fingerprint density at radius 2 is 0.554 bits per heavy atom. The van der Waals surface area contributed by atoms with Crippen LogP contribution in [0.2, 0.25) is 0 Å². The van der Waals surface area contributed by atoms with E-state index in [2.05, 4.69) is 124 Å². The highest BCUT2D eigenvalue weighted by molar-refractivity contribution is 5.71. The maximum Gasteiger partial charge on any atom is 0.306 e. The average Bonchev–Trinajstić information content (AvgIpc) is 3.40. The Hall–Kier alpha value is -3.93. The zero-order valence-electron chi connectivity index (χ0n) is 48.3. The monoisotopic (exact) mass is 1030 g/mol. The van der Waals surface area contributed by atoms with Gasteiger partial charge in [0.05, 0.1) is 0 Å². The summed E-state index contributed by atoms with van der Waals surface area (Å²) in [6.07, 6.45) is 83.8. The van der Waals surface area contributed by atoms with Gasteiger partial charge in [-0.05, 0) is 116 Å². The zero-order chi connectivity index (χ0) is 53.6. The van der Waals surface area contributed by atoms with Gasteiger partial charge >= 0.3 is 17.9 Å². The summed E-state index contributed by atoms with van der Waals surface area (Å²) in [6.45, 7) is 6.46. The van der Waals surface area contributed by atoms with Gasteiger partial charge in [0.2, 0.25) is 0 Å². The minimum Gasteiger partial charge on any atom is -0.462 e. The number of hydrogen-bond donors (Lipinski definition) is 0. The van der Waals surface area contributed by atoms with Gasteiger partial charge in [0, 0.05) is 19.3 Å². The Morgan fingerprint density at radius 1 is 0.284 bits per heavy atom. The summed E-state index contributed by atoms with van der Waals surface area (Å²) < 4.78 is 16.8. The minimum absolute atomic E-state index is 0.114. The first-order chi connectivity index (χ1) is 36.5. The molecule has 0 aliphatic rings. The maximum absolute atomic E-state index is 12.9. The van der Waals surface area contributed by atoms with Crippen molar-refractivity contribution in [3.05, 3.63) is 109 Å². The number of unbranched alkanes of at least 4 members (excludes halogenated alkanes) is 26. The van der Waals surface area contributed by atoms with Gasteiger partial charge in [-0.25, -0.2) is 0 Å². The molecule has 0 aliphatic carbocycles. The largest absolute Gasteiger partial charge is 0.462 e. The standard InChI is InChI=1S/C68H114O6/c1-4-7-10-13-16-19-22-25-28-31-33-34-36-37-40-43-46-49-52-55-58-61-67(70)73-64-65(63-72-66(69)60-57-54-51-48-45-42-39-30-27-24-21-18-15-12-9-6-3)74-68(71)62-59-56-53-50-47-44-41-38-35-32-29-26-23-20-17-14-11-8-5-2/h8,11,17,20,22,25-26,29-31,33,35,38-39,44,47,53,56,65H,4-7,9-10,12-16,18-19,21,23-24,27-28,32,34,36-37,40-43,45-46,48-52,54-55,57-64H2,1-3H3/b11-8-,20-17-,25-22-,29-26-,33-31-,38-35-,39-30-,47-44-,56-53-. The number of esters is 3. The normalized spacial score (nSPS) is 12.9. The van der Waals surface area contributed by atoms with Crippen LogP contribution in [0, 0.1) is 0 Å². The molecule has 6 nitrogen and oxygen atoms in total. The van der Waals surface area contributed by atoms with Crippen molar-refractivity contribution in [1.29, 1.82) is 0 Å². The van der Waals surface area contributed by atoms with E-state index in [0.717, 1.165) is 96.3 Å². The van der Waals surface area contributed by atoms with E-state index in [0.29, 0.717) is 19.3 Å². The molecular formula is C68H114O6. The third-order valence-electron chi connectivity index (χ3n) is 13.0. The number of ether oxygens (including phenoxy) is 3. The van der Waals surface area contributed by atoms with Gasteiger partial charge < -0.3 is 14.2 Å². The van der Waals surface area contributed by atoms with Gasteiger partial charge in [0.25, 0.3) is 0 Å². The topological polar surface area (TPSA) is 78.9 Å². The van der Waals surface area contributed by atoms with Gasteiger partial charge in [-0.15, -0.1) is 0 Å². The average molecular weight is 1030 g/mol. The number of carbonyl (C=O) groups excluding carboxylic acids is 3. The lowest BCUT2D eigenvalue weighted by Crippen LogP contribution is -2.30. The van der Waals surface area contributed by atoms with Crippen LogP contribution in [0.15, 0.2) is 109 Å². The zero-order valence-corrected chi connectivity index (χ0v) is 48.3. The summed E-state index contributed by atoms with van der Waals surface area (Å²) in [5, 5.41) is 0. The molecule has 0 N–H and O–H groups in total. The van der Waals surface area contributed by atoms with Crippen LogP contribution in [0.5, 0.6) is 0 Å². The number of hydrogen-bond acceptors (Lipinski definition) is 6. The molecule has 0 aromatic rings. The molecular weight excluding hydrogens is 913 g/mol. The lowest BCUT2D eigenvalue weighted by Gasteiger charge is -2.18. The second-order valence-corrected chi connectivity index (χ2v) is 20.2. The van der Waals surface area contributed by atoms with Crippen molar-refractivity contribution >= 4 is 17.9 Å². The van der Waals surface area contributed by atoms with Crippen molar-refractivity contribution in [3.8, 4) is 0 Å². The van der Waals surface area contributed by atoms with E-state index in [4.69, 9.17) is 14.2 Å². The van der Waals surface area contributed by atoms with Crippen LogP contribution in [0.1, 0.15) is 284 Å². The fraction of sp³-hybridized carbons (Fsp3) is 0.691. The van der Waals surface area contributed by atoms with Gasteiger partial charge in [-0.1, -0.05) is 259 Å². The molecule has 6 heteroatoms. The van der Waals surface area contributed by atoms with Gasteiger partial charge in [-0.2, -0.15) is 0 Å². The Morgan fingerprint density at radius 3 is 0.892 bits per heavy atom. The molecule has 0 aliphatic heterocycles. The van der Waals surface area contributed by atoms with E-state index >= 15 is 0 Å². The first kappa shape index (κ1) is 70.1. The lowest BCUT2D eigenvalue weighted by atomic mass is 10.1. The molecule has 0 heterocycles. The van der Waals surface area contributed by atoms with E-state index in [1.54, 1.807) is 0 Å². The highest BCUT2D eigenvalue weighted by Gasteiger charge is 2.19. The van der Waals surface area contributed by atoms with Crippen LogP contribution in [0.25, 0.3) is 0 Å². The molecule has 0 aromatic heterocycles. The number of carbonyl (C=O) groups is 3. The van der Waals surface area contributed by atoms with Crippen molar-refractivity contribution in [2.45, 2.75) is 290 Å². The van der Waals surface area contributed by atoms with E-state index in [9.17, 15) is 14.4 Å². The molecule has 0 rings (SSSR count). The Labute approximate surface area is 457 Å². The third-order valence-corrected chi connectivity index (χ3v) is 13.0. The smallest absolute Gasteiger partial charge is 0.306 e. The molecule has 422 valence electrons. The molecule has 0 bridgehead atoms. The maximum atomic E-state index is 12.9. The van der Waals surface area contributed by atoms with Gasteiger partial charge in [-0.3, -0.25) is 14.4 Å². The molecule has 0 fully saturated rings. The molecule has 74 heavy (non-hydrogen) atoms. The SMILES string of the molecule is CC/C=C\C/C=C\C/C=C\C/C=C\C/C=C\C/C=C\CCC(=O)OC(COC(=O)CCCCCCC/C=C\CCCCCCCCC)COC(=O)CCCCCCCCCCC/C=C\C/C=C\CCCCCCC. The molecule has 0 radical (unpaired) electrons. The van der Waals surface area contributed by atoms with E-state index in [1.165, 1.54) is 141 Å². The molecule has 0 saturated heterocycles. The summed E-state index contributed by atoms with van der Waals surface area (Å²) in [4.78, 5) is 38.2. The van der Waals surface area contributed by atoms with Crippen molar-refractivity contribution in [3.63, 3.8) is 0 Å². The first-order valence-corrected chi connectivity index (χ1v) is 30.9. The van der Waals surface area contributed by atoms with Crippen LogP contribution < -0.4 is 0 Å². The first-order valence-electron chi connectivity index (χ1n) is 30.9. The van der Waals surface area contributed by atoms with Gasteiger partial charge in [0.1, 0.15) is 13.2 Å². The summed E-state index contributed by atoms with van der Waals surface area (Å²) >= 11 is 0. The summed E-state index contributed by atoms with van der Waals surface area (Å²) in [5.41, 5.74) is 0. The highest BCUT2D eigenvalue weighted by Crippen LogP contribution is 2.15. The van der Waals surface area contributed by atoms with Crippen molar-refractivity contribution < 1.29 is 28.6 Å². The van der Waals surface area contributed by atoms with Crippen LogP contribution in [0.3, 0.4) is 0 Å². The van der Waals surface area contributed by atoms with E-state index in [-0.39, 0.29) is 31.6 Å². The quantitative estimate of drug-likeness (QED) is 0.0261. The molecule has 0 amide bonds. The Kier molecular flexibility index (Phi) is 58.3. The lowest BCUT2D eigenvalue weighted by molar-refractivity contribution is -0.166. The van der Waals surface area contributed by atoms with Crippen LogP contribution in [0.4, 0.5) is 0 Å². The third kappa shape index (κ3) is 59.0. The predicted molar refractivity (Wildman–Crippen MR) is 320 cm³/mol. The summed E-state index contributed by atoms with van der Waals surface area (Å²) in [5.74, 6) is -1.01. The van der Waals surface area contributed by atoms with E-state index < -0.39 is 12.1 Å². The van der Waals surface area contributed by atoms with Gasteiger partial charge in [0.15, 0.2) is 6.10 Å². The summed E-state index contributed by atoms with van der Waals surface area (Å²) in [6, 6.07) is 0. The van der Waals surface area contributed by atoms with Crippen LogP contribution in [-0.4, -0.2) is 37.2 Å². The van der Waals surface area contributed by atoms with Crippen molar-refractivity contribution in [2.24, 2.45) is 0 Å². The second kappa shape index (κ2) is 61.6. The van der Waals surface area contributed by atoms with Crippen LogP contribution in [-0.2, 0) is 28.6 Å². The molecule has 1 unspecified atom stereocenters. The summed E-state index contributed by atoms with van der Waals surface area (Å²) in [7, 11) is 0. The molecule has 0 spiro atoms. The minimum atomic E-state index is -0.826. The predicted octanol–water partition coefficient (Wildman–Crippen LogP) is 21.0. The molecule has 0 saturated carbocycles. The Bertz CT molecular complexity index is 1510. The fourth-order valence-electron chi connectivity index (χ4n) is 8.38. The Balaban J connectivity index is 4.50. The second-order valence-electron chi connectivity index (χ2n) is 20.2. The fourth-order valence-corrected chi connectivity index (χ4v) is 8.38. The van der Waals surface area contributed by atoms with Crippen molar-refractivity contribution in [2.75, 3.05) is 13.2 Å². The number of allylic oxidation sites excluding steroid dienone is 18. The molecule has 0 aromatic carbocycles. The molecule has 1 atom stereocenters. The van der Waals surface area contributed by atoms with Crippen LogP contribution >= 0.6 is 0 Å².